The van der Waals surface area contributed by atoms with Crippen molar-refractivity contribution in [2.45, 2.75) is 78.9 Å². The highest BCUT2D eigenvalue weighted by molar-refractivity contribution is 5.76. The molecule has 0 amide bonds. The summed E-state index contributed by atoms with van der Waals surface area (Å²) in [7, 11) is 0. The van der Waals surface area contributed by atoms with E-state index in [1.165, 1.54) is 0 Å². The Morgan fingerprint density at radius 3 is 1.85 bits per heavy atom. The molecule has 2 atom stereocenters. The van der Waals surface area contributed by atoms with Gasteiger partial charge in [-0.15, -0.1) is 0 Å². The molecule has 0 radical (unpaired) electrons. The van der Waals surface area contributed by atoms with Gasteiger partial charge >= 0.3 is 0 Å². The summed E-state index contributed by atoms with van der Waals surface area (Å²) in [6.45, 7) is 14.8. The van der Waals surface area contributed by atoms with Crippen molar-refractivity contribution in [1.82, 2.24) is 0 Å². The summed E-state index contributed by atoms with van der Waals surface area (Å²) in [5.41, 5.74) is 2.77. The highest BCUT2D eigenvalue weighted by atomic mass is 16.5. The van der Waals surface area contributed by atoms with Crippen LogP contribution in [0.5, 0.6) is 17.2 Å². The Morgan fingerprint density at radius 2 is 1.37 bits per heavy atom. The molecule has 0 aliphatic rings. The Morgan fingerprint density at radius 1 is 0.852 bits per heavy atom. The van der Waals surface area contributed by atoms with E-state index in [0.29, 0.717) is 5.75 Å². The third-order valence-corrected chi connectivity index (χ3v) is 4.87. The minimum Gasteiger partial charge on any atom is -0.507 e. The molecule has 0 heterocycles. The van der Waals surface area contributed by atoms with Crippen LogP contribution in [0.25, 0.3) is 11.1 Å². The zero-order chi connectivity index (χ0) is 20.2. The molecule has 3 heteroatoms. The maximum absolute atomic E-state index is 10.8. The minimum atomic E-state index is -0.131. The smallest absolute Gasteiger partial charge is 0.127 e. The van der Waals surface area contributed by atoms with E-state index < -0.39 is 0 Å². The molecule has 0 fully saturated rings. The fourth-order valence-corrected chi connectivity index (χ4v) is 2.90. The molecule has 2 unspecified atom stereocenters. The van der Waals surface area contributed by atoms with Crippen molar-refractivity contribution < 1.29 is 14.6 Å². The van der Waals surface area contributed by atoms with Gasteiger partial charge in [-0.3, -0.25) is 0 Å². The van der Waals surface area contributed by atoms with Crippen molar-refractivity contribution in [2.24, 2.45) is 0 Å². The largest absolute Gasteiger partial charge is 0.507 e. The molecule has 27 heavy (non-hydrogen) atoms. The number of phenols is 1. The van der Waals surface area contributed by atoms with Gasteiger partial charge in [0.2, 0.25) is 0 Å². The Labute approximate surface area is 164 Å². The molecule has 3 nitrogen and oxygen atoms in total. The molecule has 2 rings (SSSR count). The SMILES string of the molecule is CCC(C)Oc1ccc(-c2c(O)cc(OC(C)CC)cc2C(C)(C)C)cc1. The minimum absolute atomic E-state index is 0.111. The molecular weight excluding hydrogens is 336 g/mol. The normalized spacial score (nSPS) is 13.9. The third-order valence-electron chi connectivity index (χ3n) is 4.87. The Balaban J connectivity index is 2.46. The number of rotatable bonds is 7. The van der Waals surface area contributed by atoms with Crippen LogP contribution in [0, 0.1) is 0 Å². The summed E-state index contributed by atoms with van der Waals surface area (Å²) in [4.78, 5) is 0. The Bertz CT molecular complexity index is 741. The van der Waals surface area contributed by atoms with Gasteiger partial charge in [0.05, 0.1) is 12.2 Å². The standard InChI is InChI=1S/C24H34O3/c1-8-16(3)26-19-12-10-18(11-13-19)23-21(24(5,6)7)14-20(15-22(23)25)27-17(4)9-2/h10-17,25H,8-9H2,1-7H3. The van der Waals surface area contributed by atoms with Crippen molar-refractivity contribution in [2.75, 3.05) is 0 Å². The van der Waals surface area contributed by atoms with Crippen LogP contribution in [0.3, 0.4) is 0 Å². The van der Waals surface area contributed by atoms with E-state index >= 15 is 0 Å². The number of hydrogen-bond acceptors (Lipinski definition) is 3. The third kappa shape index (κ3) is 5.41. The predicted octanol–water partition coefficient (Wildman–Crippen LogP) is 6.71. The lowest BCUT2D eigenvalue weighted by Crippen LogP contribution is -2.15. The van der Waals surface area contributed by atoms with Crippen LogP contribution in [0.1, 0.15) is 66.9 Å². The summed E-state index contributed by atoms with van der Waals surface area (Å²) in [6.07, 6.45) is 2.19. The number of benzene rings is 2. The van der Waals surface area contributed by atoms with Crippen molar-refractivity contribution >= 4 is 0 Å². The van der Waals surface area contributed by atoms with Gasteiger partial charge in [-0.25, -0.2) is 0 Å². The molecule has 2 aromatic carbocycles. The monoisotopic (exact) mass is 370 g/mol. The van der Waals surface area contributed by atoms with Crippen molar-refractivity contribution in [3.8, 4) is 28.4 Å². The van der Waals surface area contributed by atoms with Gasteiger partial charge in [0.25, 0.3) is 0 Å². The van der Waals surface area contributed by atoms with Crippen molar-refractivity contribution in [1.29, 1.82) is 0 Å². The van der Waals surface area contributed by atoms with Gasteiger partial charge in [-0.1, -0.05) is 46.8 Å². The second-order valence-corrected chi connectivity index (χ2v) is 8.31. The van der Waals surface area contributed by atoms with Crippen LogP contribution >= 0.6 is 0 Å². The van der Waals surface area contributed by atoms with E-state index in [1.807, 2.05) is 31.2 Å². The summed E-state index contributed by atoms with van der Waals surface area (Å²) in [6, 6.07) is 11.7. The first-order valence-corrected chi connectivity index (χ1v) is 9.96. The topological polar surface area (TPSA) is 38.7 Å². The van der Waals surface area contributed by atoms with Gasteiger partial charge in [0.15, 0.2) is 0 Å². The van der Waals surface area contributed by atoms with E-state index in [0.717, 1.165) is 35.3 Å². The van der Waals surface area contributed by atoms with Crippen molar-refractivity contribution in [3.63, 3.8) is 0 Å². The number of aromatic hydroxyl groups is 1. The second-order valence-electron chi connectivity index (χ2n) is 8.31. The first kappa shape index (κ1) is 21.1. The molecule has 0 aromatic heterocycles. The summed E-state index contributed by atoms with van der Waals surface area (Å²) in [5, 5.41) is 10.8. The van der Waals surface area contributed by atoms with Gasteiger partial charge in [-0.2, -0.15) is 0 Å². The van der Waals surface area contributed by atoms with Crippen LogP contribution in [-0.2, 0) is 5.41 Å². The molecule has 0 saturated carbocycles. The predicted molar refractivity (Wildman–Crippen MR) is 113 cm³/mol. The average Bonchev–Trinajstić information content (AvgIpc) is 2.61. The van der Waals surface area contributed by atoms with E-state index in [4.69, 9.17) is 9.47 Å². The van der Waals surface area contributed by atoms with Gasteiger partial charge in [0.1, 0.15) is 17.2 Å². The zero-order valence-electron chi connectivity index (χ0n) is 17.8. The van der Waals surface area contributed by atoms with Gasteiger partial charge < -0.3 is 14.6 Å². The number of ether oxygens (including phenoxy) is 2. The second kappa shape index (κ2) is 8.69. The quantitative estimate of drug-likeness (QED) is 0.588. The van der Waals surface area contributed by atoms with E-state index in [2.05, 4.69) is 47.6 Å². The maximum atomic E-state index is 10.8. The van der Waals surface area contributed by atoms with Crippen LogP contribution in [-0.4, -0.2) is 17.3 Å². The molecular formula is C24H34O3. The molecule has 0 spiro atoms. The lowest BCUT2D eigenvalue weighted by Gasteiger charge is -2.26. The molecule has 0 aliphatic heterocycles. The van der Waals surface area contributed by atoms with Gasteiger partial charge in [-0.05, 0) is 61.4 Å². The van der Waals surface area contributed by atoms with Crippen LogP contribution in [0.2, 0.25) is 0 Å². The highest BCUT2D eigenvalue weighted by Crippen LogP contribution is 2.42. The fourth-order valence-electron chi connectivity index (χ4n) is 2.90. The summed E-state index contributed by atoms with van der Waals surface area (Å²) >= 11 is 0. The molecule has 2 aromatic rings. The van der Waals surface area contributed by atoms with Crippen LogP contribution in [0.15, 0.2) is 36.4 Å². The summed E-state index contributed by atoms with van der Waals surface area (Å²) in [5.74, 6) is 1.81. The molecule has 1 N–H and O–H groups in total. The average molecular weight is 371 g/mol. The van der Waals surface area contributed by atoms with E-state index in [-0.39, 0.29) is 23.4 Å². The lowest BCUT2D eigenvalue weighted by molar-refractivity contribution is 0.216. The van der Waals surface area contributed by atoms with E-state index in [9.17, 15) is 5.11 Å². The van der Waals surface area contributed by atoms with Gasteiger partial charge in [0, 0.05) is 11.6 Å². The van der Waals surface area contributed by atoms with Crippen LogP contribution < -0.4 is 9.47 Å². The number of hydrogen-bond donors (Lipinski definition) is 1. The molecule has 0 aliphatic carbocycles. The number of phenolic OH excluding ortho intramolecular Hbond substituents is 1. The van der Waals surface area contributed by atoms with Crippen molar-refractivity contribution in [3.05, 3.63) is 42.0 Å². The Hall–Kier alpha value is -2.16. The first-order chi connectivity index (χ1) is 12.7. The zero-order valence-corrected chi connectivity index (χ0v) is 17.8. The highest BCUT2D eigenvalue weighted by Gasteiger charge is 2.23. The fraction of sp³-hybridized carbons (Fsp3) is 0.500. The molecule has 148 valence electrons. The lowest BCUT2D eigenvalue weighted by atomic mass is 9.81. The molecule has 0 bridgehead atoms. The summed E-state index contributed by atoms with van der Waals surface area (Å²) < 4.78 is 11.8. The maximum Gasteiger partial charge on any atom is 0.127 e. The first-order valence-electron chi connectivity index (χ1n) is 9.96. The Kier molecular flexibility index (Phi) is 6.80. The van der Waals surface area contributed by atoms with Crippen LogP contribution in [0.4, 0.5) is 0 Å². The molecule has 0 saturated heterocycles. The van der Waals surface area contributed by atoms with E-state index in [1.54, 1.807) is 6.07 Å².